The van der Waals surface area contributed by atoms with Gasteiger partial charge in [-0.25, -0.2) is 9.97 Å². The van der Waals surface area contributed by atoms with Gasteiger partial charge in [-0.3, -0.25) is 0 Å². The van der Waals surface area contributed by atoms with Crippen molar-refractivity contribution < 1.29 is 4.74 Å². The summed E-state index contributed by atoms with van der Waals surface area (Å²) in [4.78, 5) is 8.72. The highest BCUT2D eigenvalue weighted by molar-refractivity contribution is 5.90. The van der Waals surface area contributed by atoms with Crippen molar-refractivity contribution in [2.24, 2.45) is 0 Å². The van der Waals surface area contributed by atoms with E-state index < -0.39 is 0 Å². The molecule has 0 unspecified atom stereocenters. The molecule has 3 rings (SSSR count). The molecule has 0 amide bonds. The van der Waals surface area contributed by atoms with Crippen molar-refractivity contribution in [2.75, 3.05) is 25.1 Å². The van der Waals surface area contributed by atoms with E-state index in [0.29, 0.717) is 0 Å². The SMILES string of the molecule is Cc1cccc2c(NCCC3=CCOCC3)ncnc12. The van der Waals surface area contributed by atoms with Crippen LogP contribution in [0.4, 0.5) is 5.82 Å². The van der Waals surface area contributed by atoms with Gasteiger partial charge in [0.1, 0.15) is 12.1 Å². The van der Waals surface area contributed by atoms with E-state index in [4.69, 9.17) is 4.74 Å². The molecule has 1 aliphatic rings. The quantitative estimate of drug-likeness (QED) is 0.866. The Bertz CT molecular complexity index is 637. The van der Waals surface area contributed by atoms with Gasteiger partial charge in [0.15, 0.2) is 0 Å². The molecule has 4 heteroatoms. The maximum Gasteiger partial charge on any atom is 0.137 e. The number of ether oxygens (including phenoxy) is 1. The normalized spacial score (nSPS) is 15.2. The predicted octanol–water partition coefficient (Wildman–Crippen LogP) is 3.09. The van der Waals surface area contributed by atoms with E-state index in [1.807, 2.05) is 6.07 Å². The fourth-order valence-electron chi connectivity index (χ4n) is 2.51. The summed E-state index contributed by atoms with van der Waals surface area (Å²) in [6, 6.07) is 6.19. The third kappa shape index (κ3) is 2.80. The largest absolute Gasteiger partial charge is 0.377 e. The fourth-order valence-corrected chi connectivity index (χ4v) is 2.51. The Morgan fingerprint density at radius 2 is 2.25 bits per heavy atom. The number of nitrogens with zero attached hydrogens (tertiary/aromatic N) is 2. The molecule has 0 spiro atoms. The highest BCUT2D eigenvalue weighted by atomic mass is 16.5. The van der Waals surface area contributed by atoms with Crippen molar-refractivity contribution >= 4 is 16.7 Å². The minimum absolute atomic E-state index is 0.755. The third-order valence-corrected chi connectivity index (χ3v) is 3.66. The van der Waals surface area contributed by atoms with Crippen LogP contribution in [0, 0.1) is 6.92 Å². The molecule has 1 aliphatic heterocycles. The van der Waals surface area contributed by atoms with Crippen LogP contribution in [0.3, 0.4) is 0 Å². The van der Waals surface area contributed by atoms with Crippen LogP contribution in [0.1, 0.15) is 18.4 Å². The molecule has 0 aliphatic carbocycles. The van der Waals surface area contributed by atoms with E-state index >= 15 is 0 Å². The molecule has 1 aromatic carbocycles. The van der Waals surface area contributed by atoms with Gasteiger partial charge in [0.05, 0.1) is 18.7 Å². The van der Waals surface area contributed by atoms with Crippen LogP contribution in [0.5, 0.6) is 0 Å². The van der Waals surface area contributed by atoms with E-state index in [1.165, 1.54) is 11.1 Å². The average molecular weight is 269 g/mol. The molecule has 2 heterocycles. The number of hydrogen-bond acceptors (Lipinski definition) is 4. The molecule has 0 atom stereocenters. The van der Waals surface area contributed by atoms with Crippen molar-refractivity contribution in [3.05, 3.63) is 41.7 Å². The zero-order valence-corrected chi connectivity index (χ0v) is 11.7. The predicted molar refractivity (Wildman–Crippen MR) is 80.9 cm³/mol. The lowest BCUT2D eigenvalue weighted by molar-refractivity contribution is 0.153. The zero-order chi connectivity index (χ0) is 13.8. The van der Waals surface area contributed by atoms with Crippen LogP contribution in [-0.4, -0.2) is 29.7 Å². The van der Waals surface area contributed by atoms with Crippen molar-refractivity contribution in [1.29, 1.82) is 0 Å². The topological polar surface area (TPSA) is 47.0 Å². The van der Waals surface area contributed by atoms with Gasteiger partial charge in [0, 0.05) is 11.9 Å². The highest BCUT2D eigenvalue weighted by Crippen LogP contribution is 2.22. The lowest BCUT2D eigenvalue weighted by Crippen LogP contribution is -2.10. The number of anilines is 1. The Morgan fingerprint density at radius 1 is 1.30 bits per heavy atom. The number of hydrogen-bond donors (Lipinski definition) is 1. The fraction of sp³-hybridized carbons (Fsp3) is 0.375. The molecule has 4 nitrogen and oxygen atoms in total. The van der Waals surface area contributed by atoms with Gasteiger partial charge in [-0.15, -0.1) is 0 Å². The monoisotopic (exact) mass is 269 g/mol. The first-order valence-electron chi connectivity index (χ1n) is 7.04. The molecule has 20 heavy (non-hydrogen) atoms. The minimum atomic E-state index is 0.755. The summed E-state index contributed by atoms with van der Waals surface area (Å²) in [6.45, 7) is 4.57. The van der Waals surface area contributed by atoms with Crippen LogP contribution >= 0.6 is 0 Å². The third-order valence-electron chi connectivity index (χ3n) is 3.66. The molecule has 2 aromatic rings. The van der Waals surface area contributed by atoms with Gasteiger partial charge in [-0.05, 0) is 31.4 Å². The van der Waals surface area contributed by atoms with Gasteiger partial charge in [0.25, 0.3) is 0 Å². The van der Waals surface area contributed by atoms with Crippen molar-refractivity contribution in [3.63, 3.8) is 0 Å². The van der Waals surface area contributed by atoms with Crippen LogP contribution in [0.2, 0.25) is 0 Å². The second kappa shape index (κ2) is 6.01. The van der Waals surface area contributed by atoms with E-state index in [1.54, 1.807) is 6.33 Å². The van der Waals surface area contributed by atoms with Crippen molar-refractivity contribution in [1.82, 2.24) is 9.97 Å². The molecule has 0 radical (unpaired) electrons. The summed E-state index contributed by atoms with van der Waals surface area (Å²) in [5, 5.41) is 4.52. The van der Waals surface area contributed by atoms with Crippen LogP contribution in [0.15, 0.2) is 36.2 Å². The second-order valence-corrected chi connectivity index (χ2v) is 5.06. The van der Waals surface area contributed by atoms with Gasteiger partial charge in [-0.2, -0.15) is 0 Å². The summed E-state index contributed by atoms with van der Waals surface area (Å²) >= 11 is 0. The second-order valence-electron chi connectivity index (χ2n) is 5.06. The van der Waals surface area contributed by atoms with Crippen LogP contribution in [-0.2, 0) is 4.74 Å². The molecular formula is C16H19N3O. The maximum atomic E-state index is 5.32. The van der Waals surface area contributed by atoms with Gasteiger partial charge < -0.3 is 10.1 Å². The van der Waals surface area contributed by atoms with Gasteiger partial charge >= 0.3 is 0 Å². The van der Waals surface area contributed by atoms with Crippen LogP contribution < -0.4 is 5.32 Å². The average Bonchev–Trinajstić information content (AvgIpc) is 2.49. The number of aromatic nitrogens is 2. The molecular weight excluding hydrogens is 250 g/mol. The number of benzene rings is 1. The van der Waals surface area contributed by atoms with E-state index in [9.17, 15) is 0 Å². The number of fused-ring (bicyclic) bond motifs is 1. The lowest BCUT2D eigenvalue weighted by atomic mass is 10.1. The number of rotatable bonds is 4. The van der Waals surface area contributed by atoms with E-state index in [2.05, 4.69) is 40.4 Å². The van der Waals surface area contributed by atoms with Crippen molar-refractivity contribution in [2.45, 2.75) is 19.8 Å². The van der Waals surface area contributed by atoms with Gasteiger partial charge in [-0.1, -0.05) is 23.8 Å². The summed E-state index contributed by atoms with van der Waals surface area (Å²) < 4.78 is 5.32. The number of aryl methyl sites for hydroxylation is 1. The first kappa shape index (κ1) is 13.1. The summed E-state index contributed by atoms with van der Waals surface area (Å²) in [6.07, 6.45) is 5.91. The molecule has 1 N–H and O–H groups in total. The first-order valence-corrected chi connectivity index (χ1v) is 7.04. The lowest BCUT2D eigenvalue weighted by Gasteiger charge is -2.14. The Hall–Kier alpha value is -1.94. The summed E-state index contributed by atoms with van der Waals surface area (Å²) in [5.74, 6) is 0.923. The smallest absolute Gasteiger partial charge is 0.137 e. The Labute approximate surface area is 118 Å². The Kier molecular flexibility index (Phi) is 3.92. The van der Waals surface area contributed by atoms with Crippen LogP contribution in [0.25, 0.3) is 10.9 Å². The first-order chi connectivity index (χ1) is 9.84. The molecule has 0 bridgehead atoms. The summed E-state index contributed by atoms with van der Waals surface area (Å²) in [5.41, 5.74) is 3.67. The molecule has 0 saturated heterocycles. The standard InChI is InChI=1S/C16H19N3O/c1-12-3-2-4-14-15(12)18-11-19-16(14)17-8-5-13-6-9-20-10-7-13/h2-4,6,11H,5,7-10H2,1H3,(H,17,18,19). The van der Waals surface area contributed by atoms with Crippen molar-refractivity contribution in [3.8, 4) is 0 Å². The Balaban J connectivity index is 1.71. The highest BCUT2D eigenvalue weighted by Gasteiger charge is 2.06. The zero-order valence-electron chi connectivity index (χ0n) is 11.7. The minimum Gasteiger partial charge on any atom is -0.377 e. The molecule has 104 valence electrons. The Morgan fingerprint density at radius 3 is 3.10 bits per heavy atom. The molecule has 0 saturated carbocycles. The number of para-hydroxylation sites is 1. The maximum absolute atomic E-state index is 5.32. The number of nitrogens with one attached hydrogen (secondary N) is 1. The summed E-state index contributed by atoms with van der Waals surface area (Å²) in [7, 11) is 0. The van der Waals surface area contributed by atoms with E-state index in [-0.39, 0.29) is 0 Å². The molecule has 1 aromatic heterocycles. The van der Waals surface area contributed by atoms with Gasteiger partial charge in [0.2, 0.25) is 0 Å². The van der Waals surface area contributed by atoms with E-state index in [0.717, 1.165) is 49.3 Å². The molecule has 0 fully saturated rings.